The van der Waals surface area contributed by atoms with Gasteiger partial charge in [0.25, 0.3) is 0 Å². The van der Waals surface area contributed by atoms with Crippen LogP contribution >= 0.6 is 0 Å². The van der Waals surface area contributed by atoms with Crippen molar-refractivity contribution >= 4 is 0 Å². The fraction of sp³-hybridized carbons (Fsp3) is 0.636. The highest BCUT2D eigenvalue weighted by Gasteiger charge is 2.18. The second-order valence-electron chi connectivity index (χ2n) is 4.03. The topological polar surface area (TPSA) is 61.0 Å². The highest BCUT2D eigenvalue weighted by Crippen LogP contribution is 2.24. The number of nitrogens with zero attached hydrogens (tertiary/aromatic N) is 2. The predicted octanol–water partition coefficient (Wildman–Crippen LogP) is 1.29. The van der Waals surface area contributed by atoms with Crippen molar-refractivity contribution in [2.45, 2.75) is 25.3 Å². The van der Waals surface area contributed by atoms with Crippen LogP contribution in [0.25, 0.3) is 0 Å². The van der Waals surface area contributed by atoms with E-state index in [0.29, 0.717) is 5.92 Å². The number of nitrogens with two attached hydrogens (primary N) is 1. The van der Waals surface area contributed by atoms with E-state index in [9.17, 15) is 0 Å². The zero-order valence-electron chi connectivity index (χ0n) is 8.80. The molecule has 82 valence electrons. The molecule has 2 N–H and O–H groups in total. The molecule has 4 nitrogen and oxygen atoms in total. The van der Waals surface area contributed by atoms with Gasteiger partial charge in [0, 0.05) is 25.5 Å². The van der Waals surface area contributed by atoms with E-state index in [-0.39, 0.29) is 6.04 Å². The largest absolute Gasteiger partial charge is 0.381 e. The van der Waals surface area contributed by atoms with E-state index in [1.54, 1.807) is 12.5 Å². The molecule has 0 radical (unpaired) electrons. The van der Waals surface area contributed by atoms with Gasteiger partial charge in [0.2, 0.25) is 0 Å². The van der Waals surface area contributed by atoms with Crippen LogP contribution in [0.1, 0.15) is 31.0 Å². The van der Waals surface area contributed by atoms with E-state index in [1.807, 2.05) is 6.07 Å². The average molecular weight is 207 g/mol. The summed E-state index contributed by atoms with van der Waals surface area (Å²) in [4.78, 5) is 8.06. The van der Waals surface area contributed by atoms with Gasteiger partial charge in [0.15, 0.2) is 0 Å². The minimum atomic E-state index is 0.0381. The summed E-state index contributed by atoms with van der Waals surface area (Å²) in [6.07, 6.45) is 6.54. The number of hydrogen-bond donors (Lipinski definition) is 1. The number of hydrogen-bond acceptors (Lipinski definition) is 4. The minimum Gasteiger partial charge on any atom is -0.381 e. The van der Waals surface area contributed by atoms with Gasteiger partial charge in [-0.3, -0.25) is 0 Å². The lowest BCUT2D eigenvalue weighted by molar-refractivity contribution is 0.0617. The third-order valence-electron chi connectivity index (χ3n) is 2.91. The number of ether oxygens (including phenoxy) is 1. The summed E-state index contributed by atoms with van der Waals surface area (Å²) >= 11 is 0. The highest BCUT2D eigenvalue weighted by atomic mass is 16.5. The third-order valence-corrected chi connectivity index (χ3v) is 2.91. The van der Waals surface area contributed by atoms with E-state index >= 15 is 0 Å². The molecule has 4 heteroatoms. The van der Waals surface area contributed by atoms with E-state index in [4.69, 9.17) is 10.5 Å². The maximum absolute atomic E-state index is 6.09. The maximum Gasteiger partial charge on any atom is 0.115 e. The first-order chi connectivity index (χ1) is 7.36. The molecule has 0 amide bonds. The van der Waals surface area contributed by atoms with Gasteiger partial charge < -0.3 is 10.5 Å². The molecular formula is C11H17N3O. The highest BCUT2D eigenvalue weighted by molar-refractivity contribution is 5.03. The Morgan fingerprint density at radius 2 is 2.27 bits per heavy atom. The molecule has 1 aromatic heterocycles. The lowest BCUT2D eigenvalue weighted by Crippen LogP contribution is -2.22. The zero-order chi connectivity index (χ0) is 10.5. The molecule has 1 aliphatic heterocycles. The van der Waals surface area contributed by atoms with Gasteiger partial charge in [-0.05, 0) is 31.2 Å². The second-order valence-corrected chi connectivity index (χ2v) is 4.03. The Balaban J connectivity index is 1.88. The first-order valence-electron chi connectivity index (χ1n) is 5.45. The van der Waals surface area contributed by atoms with Crippen LogP contribution in [0, 0.1) is 5.92 Å². The summed E-state index contributed by atoms with van der Waals surface area (Å²) in [5.74, 6) is 0.684. The van der Waals surface area contributed by atoms with Crippen molar-refractivity contribution in [1.29, 1.82) is 0 Å². The van der Waals surface area contributed by atoms with E-state index < -0.39 is 0 Å². The lowest BCUT2D eigenvalue weighted by Gasteiger charge is -2.24. The van der Waals surface area contributed by atoms with E-state index in [2.05, 4.69) is 9.97 Å². The van der Waals surface area contributed by atoms with Crippen LogP contribution < -0.4 is 5.73 Å². The Morgan fingerprint density at radius 1 is 1.47 bits per heavy atom. The minimum absolute atomic E-state index is 0.0381. The smallest absolute Gasteiger partial charge is 0.115 e. The molecule has 1 unspecified atom stereocenters. The molecule has 1 fully saturated rings. The molecule has 0 saturated carbocycles. The molecule has 0 aliphatic carbocycles. The van der Waals surface area contributed by atoms with Gasteiger partial charge in [-0.2, -0.15) is 0 Å². The van der Waals surface area contributed by atoms with E-state index in [1.165, 1.54) is 0 Å². The van der Waals surface area contributed by atoms with Crippen LogP contribution in [-0.4, -0.2) is 23.2 Å². The van der Waals surface area contributed by atoms with Crippen molar-refractivity contribution < 1.29 is 4.74 Å². The summed E-state index contributed by atoms with van der Waals surface area (Å²) in [6.45, 7) is 1.75. The Hall–Kier alpha value is -1.00. The molecule has 1 atom stereocenters. The zero-order valence-corrected chi connectivity index (χ0v) is 8.80. The van der Waals surface area contributed by atoms with Crippen molar-refractivity contribution in [3.63, 3.8) is 0 Å². The number of rotatable bonds is 3. The van der Waals surface area contributed by atoms with Crippen molar-refractivity contribution in [1.82, 2.24) is 9.97 Å². The van der Waals surface area contributed by atoms with E-state index in [0.717, 1.165) is 38.2 Å². The van der Waals surface area contributed by atoms with Crippen molar-refractivity contribution in [3.8, 4) is 0 Å². The van der Waals surface area contributed by atoms with Crippen LogP contribution in [0.15, 0.2) is 18.6 Å². The number of aromatic nitrogens is 2. The van der Waals surface area contributed by atoms with Gasteiger partial charge >= 0.3 is 0 Å². The fourth-order valence-corrected chi connectivity index (χ4v) is 1.98. The fourth-order valence-electron chi connectivity index (χ4n) is 1.98. The summed E-state index contributed by atoms with van der Waals surface area (Å²) in [5.41, 5.74) is 7.04. The molecule has 0 aromatic carbocycles. The lowest BCUT2D eigenvalue weighted by atomic mass is 9.92. The molecule has 1 aliphatic rings. The monoisotopic (exact) mass is 207 g/mol. The first kappa shape index (κ1) is 10.5. The molecule has 0 spiro atoms. The molecule has 0 bridgehead atoms. The Labute approximate surface area is 89.9 Å². The normalized spacial score (nSPS) is 20.1. The van der Waals surface area contributed by atoms with Crippen molar-refractivity contribution in [3.05, 3.63) is 24.3 Å². The van der Waals surface area contributed by atoms with Gasteiger partial charge in [0.05, 0.1) is 5.69 Å². The van der Waals surface area contributed by atoms with Gasteiger partial charge in [-0.15, -0.1) is 0 Å². The molecule has 2 heterocycles. The summed E-state index contributed by atoms with van der Waals surface area (Å²) < 4.78 is 5.32. The molecular weight excluding hydrogens is 190 g/mol. The van der Waals surface area contributed by atoms with Crippen molar-refractivity contribution in [2.24, 2.45) is 11.7 Å². The third kappa shape index (κ3) is 2.97. The van der Waals surface area contributed by atoms with Gasteiger partial charge in [0.1, 0.15) is 6.33 Å². The van der Waals surface area contributed by atoms with Crippen LogP contribution in [-0.2, 0) is 4.74 Å². The standard InChI is InChI=1S/C11H17N3O/c12-10(11-1-4-13-8-14-11)7-9-2-5-15-6-3-9/h1,4,8-10H,2-3,5-7,12H2. The molecule has 1 aromatic rings. The SMILES string of the molecule is NC(CC1CCOCC1)c1ccncn1. The average Bonchev–Trinajstić information content (AvgIpc) is 2.31. The Bertz CT molecular complexity index is 285. The predicted molar refractivity (Wildman–Crippen MR) is 57.1 cm³/mol. The molecule has 1 saturated heterocycles. The summed E-state index contributed by atoms with van der Waals surface area (Å²) in [7, 11) is 0. The van der Waals surface area contributed by atoms with Gasteiger partial charge in [-0.25, -0.2) is 9.97 Å². The van der Waals surface area contributed by atoms with Crippen molar-refractivity contribution in [2.75, 3.05) is 13.2 Å². The van der Waals surface area contributed by atoms with Crippen LogP contribution in [0.2, 0.25) is 0 Å². The van der Waals surface area contributed by atoms with Gasteiger partial charge in [-0.1, -0.05) is 0 Å². The van der Waals surface area contributed by atoms with Crippen LogP contribution in [0.5, 0.6) is 0 Å². The second kappa shape index (κ2) is 5.19. The molecule has 2 rings (SSSR count). The quantitative estimate of drug-likeness (QED) is 0.811. The first-order valence-corrected chi connectivity index (χ1v) is 5.45. The van der Waals surface area contributed by atoms with Crippen LogP contribution in [0.4, 0.5) is 0 Å². The summed E-state index contributed by atoms with van der Waals surface area (Å²) in [5, 5.41) is 0. The molecule has 15 heavy (non-hydrogen) atoms. The Morgan fingerprint density at radius 3 is 2.93 bits per heavy atom. The van der Waals surface area contributed by atoms with Crippen LogP contribution in [0.3, 0.4) is 0 Å². The maximum atomic E-state index is 6.09. The summed E-state index contributed by atoms with van der Waals surface area (Å²) in [6, 6.07) is 1.93. The Kier molecular flexibility index (Phi) is 3.64.